The third-order valence-electron chi connectivity index (χ3n) is 3.58. The maximum Gasteiger partial charge on any atom is 0.315 e. The van der Waals surface area contributed by atoms with E-state index in [4.69, 9.17) is 5.73 Å². The molecular weight excluding hydrogens is 202 g/mol. The number of nitrogens with one attached hydrogen (secondary N) is 1. The molecule has 3 nitrogen and oxygen atoms in total. The first-order valence-corrected chi connectivity index (χ1v) is 4.96. The standard InChI is InChI=1S/C10H18F2N2O/c1-9(2)7(13)10(3,4)8(9)14-6(15)5(11)12/h5,7-8H,13H2,1-4H3,(H,14,15). The van der Waals surface area contributed by atoms with Crippen LogP contribution < -0.4 is 11.1 Å². The van der Waals surface area contributed by atoms with Gasteiger partial charge in [0.05, 0.1) is 0 Å². The fraction of sp³-hybridized carbons (Fsp3) is 0.900. The number of amides is 1. The minimum absolute atomic E-state index is 0.104. The minimum Gasteiger partial charge on any atom is -0.347 e. The fourth-order valence-electron chi connectivity index (χ4n) is 2.76. The molecule has 1 aliphatic carbocycles. The number of nitrogens with two attached hydrogens (primary N) is 1. The van der Waals surface area contributed by atoms with Crippen LogP contribution in [0.3, 0.4) is 0 Å². The first-order valence-electron chi connectivity index (χ1n) is 4.96. The molecule has 1 rings (SSSR count). The average Bonchev–Trinajstić information content (AvgIpc) is 2.11. The molecule has 0 aliphatic heterocycles. The predicted molar refractivity (Wildman–Crippen MR) is 53.5 cm³/mol. The number of hydrogen-bond acceptors (Lipinski definition) is 2. The van der Waals surface area contributed by atoms with Gasteiger partial charge in [-0.05, 0) is 0 Å². The molecule has 0 unspecified atom stereocenters. The summed E-state index contributed by atoms with van der Waals surface area (Å²) >= 11 is 0. The second kappa shape index (κ2) is 3.40. The summed E-state index contributed by atoms with van der Waals surface area (Å²) in [5.74, 6) is -1.21. The number of hydrogen-bond donors (Lipinski definition) is 2. The second-order valence-corrected chi connectivity index (χ2v) is 5.36. The van der Waals surface area contributed by atoms with Gasteiger partial charge in [0.1, 0.15) is 0 Å². The lowest BCUT2D eigenvalue weighted by molar-refractivity contribution is -0.142. The first kappa shape index (κ1) is 12.4. The predicted octanol–water partition coefficient (Wildman–Crippen LogP) is 1.13. The van der Waals surface area contributed by atoms with Crippen molar-refractivity contribution in [2.75, 3.05) is 0 Å². The Hall–Kier alpha value is -0.710. The van der Waals surface area contributed by atoms with Crippen molar-refractivity contribution >= 4 is 5.91 Å². The van der Waals surface area contributed by atoms with Crippen molar-refractivity contribution in [1.82, 2.24) is 5.32 Å². The Bertz CT molecular complexity index is 261. The lowest BCUT2D eigenvalue weighted by Gasteiger charge is -2.62. The van der Waals surface area contributed by atoms with Gasteiger partial charge in [-0.3, -0.25) is 4.79 Å². The van der Waals surface area contributed by atoms with Crippen molar-refractivity contribution in [2.24, 2.45) is 16.6 Å². The monoisotopic (exact) mass is 220 g/mol. The molecule has 15 heavy (non-hydrogen) atoms. The van der Waals surface area contributed by atoms with Crippen LogP contribution in [-0.4, -0.2) is 24.4 Å². The summed E-state index contributed by atoms with van der Waals surface area (Å²) in [6.45, 7) is 7.50. The Kier molecular flexibility index (Phi) is 2.80. The van der Waals surface area contributed by atoms with Crippen LogP contribution in [0, 0.1) is 10.8 Å². The Morgan fingerprint density at radius 2 is 1.67 bits per heavy atom. The van der Waals surface area contributed by atoms with Crippen molar-refractivity contribution in [2.45, 2.75) is 46.2 Å². The molecular formula is C10H18F2N2O. The van der Waals surface area contributed by atoms with Crippen LogP contribution in [0.15, 0.2) is 0 Å². The number of alkyl halides is 2. The van der Waals surface area contributed by atoms with E-state index in [2.05, 4.69) is 5.32 Å². The number of halogens is 2. The summed E-state index contributed by atoms with van der Waals surface area (Å²) in [5, 5.41) is 2.36. The lowest BCUT2D eigenvalue weighted by Crippen LogP contribution is -2.76. The van der Waals surface area contributed by atoms with Crippen LogP contribution >= 0.6 is 0 Å². The molecule has 0 aromatic rings. The zero-order valence-corrected chi connectivity index (χ0v) is 9.47. The summed E-state index contributed by atoms with van der Waals surface area (Å²) in [7, 11) is 0. The zero-order valence-electron chi connectivity index (χ0n) is 9.47. The maximum absolute atomic E-state index is 12.1. The summed E-state index contributed by atoms with van der Waals surface area (Å²) < 4.78 is 24.2. The Morgan fingerprint density at radius 3 is 2.00 bits per heavy atom. The molecule has 0 aromatic carbocycles. The summed E-state index contributed by atoms with van der Waals surface area (Å²) in [4.78, 5) is 10.9. The van der Waals surface area contributed by atoms with E-state index < -0.39 is 12.3 Å². The van der Waals surface area contributed by atoms with Crippen LogP contribution in [0.2, 0.25) is 0 Å². The average molecular weight is 220 g/mol. The van der Waals surface area contributed by atoms with E-state index in [1.54, 1.807) is 0 Å². The molecule has 0 aromatic heterocycles. The van der Waals surface area contributed by atoms with Crippen LogP contribution in [0.4, 0.5) is 8.78 Å². The van der Waals surface area contributed by atoms with Gasteiger partial charge in [0.15, 0.2) is 0 Å². The molecule has 3 N–H and O–H groups in total. The molecule has 1 amide bonds. The van der Waals surface area contributed by atoms with E-state index in [1.165, 1.54) is 0 Å². The van der Waals surface area contributed by atoms with E-state index in [-0.39, 0.29) is 22.9 Å². The van der Waals surface area contributed by atoms with Gasteiger partial charge < -0.3 is 11.1 Å². The van der Waals surface area contributed by atoms with Gasteiger partial charge in [-0.1, -0.05) is 27.7 Å². The molecule has 1 fully saturated rings. The van der Waals surface area contributed by atoms with E-state index in [9.17, 15) is 13.6 Å². The molecule has 1 aliphatic rings. The van der Waals surface area contributed by atoms with Crippen molar-refractivity contribution in [3.8, 4) is 0 Å². The smallest absolute Gasteiger partial charge is 0.315 e. The Balaban J connectivity index is 2.74. The molecule has 88 valence electrons. The largest absolute Gasteiger partial charge is 0.347 e. The van der Waals surface area contributed by atoms with E-state index in [1.807, 2.05) is 27.7 Å². The Morgan fingerprint density at radius 1 is 1.27 bits per heavy atom. The highest BCUT2D eigenvalue weighted by atomic mass is 19.3. The number of carbonyl (C=O) groups excluding carboxylic acids is 1. The lowest BCUT2D eigenvalue weighted by atomic mass is 9.48. The highest BCUT2D eigenvalue weighted by Crippen LogP contribution is 2.52. The van der Waals surface area contributed by atoms with Gasteiger partial charge in [-0.25, -0.2) is 0 Å². The summed E-state index contributed by atoms with van der Waals surface area (Å²) in [5.41, 5.74) is 5.26. The fourth-order valence-corrected chi connectivity index (χ4v) is 2.76. The Labute approximate surface area is 88.4 Å². The molecule has 0 bridgehead atoms. The topological polar surface area (TPSA) is 55.1 Å². The van der Waals surface area contributed by atoms with Gasteiger partial charge in [0, 0.05) is 22.9 Å². The van der Waals surface area contributed by atoms with Crippen LogP contribution in [0.1, 0.15) is 27.7 Å². The highest BCUT2D eigenvalue weighted by Gasteiger charge is 2.60. The van der Waals surface area contributed by atoms with Crippen molar-refractivity contribution in [3.63, 3.8) is 0 Å². The SMILES string of the molecule is CC1(C)C(N)C(C)(C)C1NC(=O)C(F)F. The second-order valence-electron chi connectivity index (χ2n) is 5.36. The van der Waals surface area contributed by atoms with Gasteiger partial charge in [0.2, 0.25) is 0 Å². The molecule has 5 heteroatoms. The third kappa shape index (κ3) is 1.73. The molecule has 0 saturated heterocycles. The van der Waals surface area contributed by atoms with Gasteiger partial charge >= 0.3 is 6.43 Å². The molecule has 0 radical (unpaired) electrons. The van der Waals surface area contributed by atoms with E-state index in [0.717, 1.165) is 0 Å². The van der Waals surface area contributed by atoms with Crippen molar-refractivity contribution in [1.29, 1.82) is 0 Å². The van der Waals surface area contributed by atoms with Crippen LogP contribution in [0.25, 0.3) is 0 Å². The molecule has 0 heterocycles. The molecule has 0 spiro atoms. The third-order valence-corrected chi connectivity index (χ3v) is 3.58. The summed E-state index contributed by atoms with van der Waals surface area (Å²) in [6.07, 6.45) is -2.96. The number of carbonyl (C=O) groups is 1. The minimum atomic E-state index is -2.96. The number of rotatable bonds is 2. The van der Waals surface area contributed by atoms with Gasteiger partial charge in [0.25, 0.3) is 5.91 Å². The van der Waals surface area contributed by atoms with Gasteiger partial charge in [-0.2, -0.15) is 8.78 Å². The van der Waals surface area contributed by atoms with Crippen LogP contribution in [-0.2, 0) is 4.79 Å². The van der Waals surface area contributed by atoms with Gasteiger partial charge in [-0.15, -0.1) is 0 Å². The van der Waals surface area contributed by atoms with Crippen LogP contribution in [0.5, 0.6) is 0 Å². The highest BCUT2D eigenvalue weighted by molar-refractivity contribution is 5.79. The maximum atomic E-state index is 12.1. The van der Waals surface area contributed by atoms with Crippen molar-refractivity contribution in [3.05, 3.63) is 0 Å². The van der Waals surface area contributed by atoms with Crippen molar-refractivity contribution < 1.29 is 13.6 Å². The summed E-state index contributed by atoms with van der Waals surface area (Å²) in [6, 6.07) is -0.408. The molecule has 1 saturated carbocycles. The zero-order chi connectivity index (χ0) is 12.0. The molecule has 0 atom stereocenters. The normalized spacial score (nSPS) is 32.3. The quantitative estimate of drug-likeness (QED) is 0.733. The van der Waals surface area contributed by atoms with E-state index >= 15 is 0 Å². The first-order chi connectivity index (χ1) is 6.61. The van der Waals surface area contributed by atoms with E-state index in [0.29, 0.717) is 0 Å².